The summed E-state index contributed by atoms with van der Waals surface area (Å²) in [5.74, 6) is -13.6. The average Bonchev–Trinajstić information content (AvgIpc) is 2.82. The second kappa shape index (κ2) is 10.1. The van der Waals surface area contributed by atoms with Crippen LogP contribution in [0.2, 0.25) is 0 Å². The average molecular weight is 516 g/mol. The van der Waals surface area contributed by atoms with Crippen molar-refractivity contribution in [1.29, 1.82) is 0 Å². The third kappa shape index (κ3) is 4.74. The van der Waals surface area contributed by atoms with Gasteiger partial charge in [-0.05, 0) is 12.1 Å². The lowest BCUT2D eigenvalue weighted by Crippen LogP contribution is -2.49. The van der Waals surface area contributed by atoms with Gasteiger partial charge in [0.05, 0.1) is 16.7 Å². The van der Waals surface area contributed by atoms with Crippen LogP contribution >= 0.6 is 0 Å². The van der Waals surface area contributed by atoms with Crippen molar-refractivity contribution in [2.75, 3.05) is 0 Å². The maximum Gasteiger partial charge on any atom is 0.336 e. The summed E-state index contributed by atoms with van der Waals surface area (Å²) < 4.78 is 0. The highest BCUT2D eigenvalue weighted by atomic mass is 16.4. The monoisotopic (exact) mass is 516 g/mol. The summed E-state index contributed by atoms with van der Waals surface area (Å²) in [6.07, 6.45) is -13.8. The predicted molar refractivity (Wildman–Crippen MR) is 110 cm³/mol. The Morgan fingerprint density at radius 2 is 1.03 bits per heavy atom. The van der Waals surface area contributed by atoms with Crippen LogP contribution in [-0.2, 0) is 0 Å². The van der Waals surface area contributed by atoms with E-state index in [1.807, 2.05) is 0 Å². The smallest absolute Gasteiger partial charge is 0.336 e. The number of hydrogen-bond donors (Lipinski definition) is 13. The Balaban J connectivity index is 2.45. The number of aliphatic hydroxyl groups excluding tert-OH is 5. The number of benzene rings is 2. The molecular weight excluding hydrogens is 496 g/mol. The Bertz CT molecular complexity index is 1220. The molecule has 16 nitrogen and oxygen atoms in total. The molecule has 36 heavy (non-hydrogen) atoms. The van der Waals surface area contributed by atoms with Gasteiger partial charge in [0.15, 0.2) is 28.8 Å². The standard InChI is InChI=1S/C20H20O16/c21-5-1-3(19(33)34)7(11(25)9(5)23)13(27)15(29)17(31)18(32)16(30)14(28)8-4(20(35)36)2-6(22)10(24)12(8)26/h1-2,13,15-18,21-27,29-32H,(H,33,34)(H,35,36)/t13?,15-,16+,17-,18-/m1/s1. The highest BCUT2D eigenvalue weighted by Gasteiger charge is 2.42. The fourth-order valence-corrected chi connectivity index (χ4v) is 3.25. The Labute approximate surface area is 198 Å². The van der Waals surface area contributed by atoms with Gasteiger partial charge in [-0.1, -0.05) is 0 Å². The molecule has 16 heteroatoms. The molecule has 0 fully saturated rings. The predicted octanol–water partition coefficient (Wildman–Crippen LogP) is -2.32. The summed E-state index contributed by atoms with van der Waals surface area (Å²) in [4.78, 5) is 35.3. The zero-order chi connectivity index (χ0) is 27.8. The Kier molecular flexibility index (Phi) is 7.83. The molecule has 1 unspecified atom stereocenters. The number of phenols is 6. The number of ketones is 1. The summed E-state index contributed by atoms with van der Waals surface area (Å²) in [6, 6.07) is 0.698. The van der Waals surface area contributed by atoms with E-state index in [0.29, 0.717) is 12.1 Å². The Hall–Kier alpha value is -4.35. The molecule has 0 spiro atoms. The quantitative estimate of drug-likeness (QED) is 0.123. The number of carboxylic acids is 2. The minimum Gasteiger partial charge on any atom is -0.504 e. The molecular formula is C20H20O16. The fourth-order valence-electron chi connectivity index (χ4n) is 3.25. The summed E-state index contributed by atoms with van der Waals surface area (Å²) in [6.45, 7) is 0. The molecule has 0 aromatic heterocycles. The second-order valence-corrected chi connectivity index (χ2v) is 7.41. The zero-order valence-corrected chi connectivity index (χ0v) is 17.6. The second-order valence-electron chi connectivity index (χ2n) is 7.41. The van der Waals surface area contributed by atoms with E-state index >= 15 is 0 Å². The van der Waals surface area contributed by atoms with Crippen molar-refractivity contribution in [3.63, 3.8) is 0 Å². The molecule has 0 radical (unpaired) electrons. The first-order valence-corrected chi connectivity index (χ1v) is 9.51. The Morgan fingerprint density at radius 1 is 0.583 bits per heavy atom. The van der Waals surface area contributed by atoms with E-state index in [4.69, 9.17) is 0 Å². The minimum absolute atomic E-state index is 0.326. The normalized spacial score (nSPS) is 15.5. The molecule has 0 amide bonds. The highest BCUT2D eigenvalue weighted by Crippen LogP contribution is 2.44. The van der Waals surface area contributed by atoms with E-state index in [9.17, 15) is 80.8 Å². The third-order valence-corrected chi connectivity index (χ3v) is 5.17. The lowest BCUT2D eigenvalue weighted by Gasteiger charge is -2.30. The van der Waals surface area contributed by atoms with Crippen molar-refractivity contribution in [3.05, 3.63) is 34.4 Å². The molecule has 0 aliphatic heterocycles. The number of aromatic hydroxyl groups is 6. The number of rotatable bonds is 9. The van der Waals surface area contributed by atoms with Gasteiger partial charge in [-0.15, -0.1) is 0 Å². The number of aliphatic hydroxyl groups is 5. The largest absolute Gasteiger partial charge is 0.504 e. The van der Waals surface area contributed by atoms with Crippen molar-refractivity contribution < 1.29 is 80.8 Å². The molecule has 2 aromatic rings. The molecule has 0 heterocycles. The van der Waals surface area contributed by atoms with Crippen molar-refractivity contribution >= 4 is 17.7 Å². The molecule has 13 N–H and O–H groups in total. The molecule has 0 saturated heterocycles. The summed E-state index contributed by atoms with van der Waals surface area (Å²) in [5, 5.41) is 127. The summed E-state index contributed by atoms with van der Waals surface area (Å²) >= 11 is 0. The number of Topliss-reactive ketones (excluding diaryl/α,β-unsaturated/α-hetero) is 1. The number of hydrogen-bond acceptors (Lipinski definition) is 14. The number of carbonyl (C=O) groups excluding carboxylic acids is 1. The van der Waals surface area contributed by atoms with Crippen LogP contribution in [0.4, 0.5) is 0 Å². The molecule has 0 aliphatic carbocycles. The minimum atomic E-state index is -2.87. The van der Waals surface area contributed by atoms with Crippen molar-refractivity contribution in [3.8, 4) is 34.5 Å². The van der Waals surface area contributed by atoms with Crippen LogP contribution in [0.15, 0.2) is 12.1 Å². The van der Waals surface area contributed by atoms with Crippen LogP contribution in [0.1, 0.15) is 42.7 Å². The van der Waals surface area contributed by atoms with Gasteiger partial charge in [-0.2, -0.15) is 0 Å². The maximum absolute atomic E-state index is 12.6. The van der Waals surface area contributed by atoms with E-state index < -0.39 is 105 Å². The first kappa shape index (κ1) is 27.9. The van der Waals surface area contributed by atoms with Crippen molar-refractivity contribution in [1.82, 2.24) is 0 Å². The molecule has 5 atom stereocenters. The van der Waals surface area contributed by atoms with Crippen LogP contribution in [0.3, 0.4) is 0 Å². The number of carbonyl (C=O) groups is 3. The van der Waals surface area contributed by atoms with Gasteiger partial charge in [0.1, 0.15) is 30.5 Å². The van der Waals surface area contributed by atoms with E-state index in [-0.39, 0.29) is 0 Å². The molecule has 196 valence electrons. The SMILES string of the molecule is O=C(O)c1cc(O)c(O)c(O)c1C(=O)[C@H](O)[C@@H](O)[C@H](O)[C@H](O)C(O)c1c(C(=O)O)cc(O)c(O)c1O. The van der Waals surface area contributed by atoms with Crippen molar-refractivity contribution in [2.45, 2.75) is 30.5 Å². The highest BCUT2D eigenvalue weighted by molar-refractivity contribution is 6.11. The first-order valence-electron chi connectivity index (χ1n) is 9.51. The van der Waals surface area contributed by atoms with Gasteiger partial charge < -0.3 is 66.4 Å². The zero-order valence-electron chi connectivity index (χ0n) is 17.6. The van der Waals surface area contributed by atoms with Crippen LogP contribution in [0.25, 0.3) is 0 Å². The molecule has 0 aliphatic rings. The van der Waals surface area contributed by atoms with Crippen LogP contribution in [0, 0.1) is 0 Å². The van der Waals surface area contributed by atoms with Gasteiger partial charge >= 0.3 is 11.9 Å². The lowest BCUT2D eigenvalue weighted by molar-refractivity contribution is -0.128. The van der Waals surface area contributed by atoms with E-state index in [2.05, 4.69) is 0 Å². The van der Waals surface area contributed by atoms with Gasteiger partial charge in [0.25, 0.3) is 0 Å². The number of phenolic OH excluding ortho intramolecular Hbond substituents is 6. The fraction of sp³-hybridized carbons (Fsp3) is 0.250. The number of aromatic carboxylic acids is 2. The van der Waals surface area contributed by atoms with Crippen LogP contribution < -0.4 is 0 Å². The molecule has 0 bridgehead atoms. The van der Waals surface area contributed by atoms with Gasteiger partial charge in [-0.3, -0.25) is 4.79 Å². The van der Waals surface area contributed by atoms with Crippen LogP contribution in [0.5, 0.6) is 34.5 Å². The molecule has 2 aromatic carbocycles. The van der Waals surface area contributed by atoms with E-state index in [1.54, 1.807) is 0 Å². The number of carboxylic acid groups (broad SMARTS) is 2. The van der Waals surface area contributed by atoms with Crippen molar-refractivity contribution in [2.24, 2.45) is 0 Å². The van der Waals surface area contributed by atoms with E-state index in [0.717, 1.165) is 0 Å². The van der Waals surface area contributed by atoms with Gasteiger partial charge in [0, 0.05) is 5.56 Å². The maximum atomic E-state index is 12.6. The van der Waals surface area contributed by atoms with Gasteiger partial charge in [0.2, 0.25) is 11.5 Å². The molecule has 0 saturated carbocycles. The summed E-state index contributed by atoms with van der Waals surface area (Å²) in [5.41, 5.74) is -4.68. The first-order chi connectivity index (χ1) is 16.5. The van der Waals surface area contributed by atoms with Crippen LogP contribution in [-0.4, -0.2) is 109 Å². The summed E-state index contributed by atoms with van der Waals surface area (Å²) in [7, 11) is 0. The molecule has 2 rings (SSSR count). The van der Waals surface area contributed by atoms with Gasteiger partial charge in [-0.25, -0.2) is 9.59 Å². The lowest BCUT2D eigenvalue weighted by atomic mass is 9.88. The Morgan fingerprint density at radius 3 is 1.50 bits per heavy atom. The third-order valence-electron chi connectivity index (χ3n) is 5.17. The topological polar surface area (TPSA) is 314 Å². The van der Waals surface area contributed by atoms with E-state index in [1.165, 1.54) is 0 Å².